The third kappa shape index (κ3) is 9.06. The Balaban J connectivity index is 1.30. The first kappa shape index (κ1) is 38.6. The highest BCUT2D eigenvalue weighted by atomic mass is 35.5. The molecule has 290 valence electrons. The van der Waals surface area contributed by atoms with Crippen molar-refractivity contribution in [1.29, 1.82) is 0 Å². The van der Waals surface area contributed by atoms with Crippen LogP contribution in [0.1, 0.15) is 70.3 Å². The minimum Gasteiger partial charge on any atom is -0.619 e. The van der Waals surface area contributed by atoms with Crippen molar-refractivity contribution >= 4 is 40.8 Å². The molecule has 4 aliphatic rings. The summed E-state index contributed by atoms with van der Waals surface area (Å²) in [6.45, 7) is -0.420. The number of anilines is 1. The van der Waals surface area contributed by atoms with Gasteiger partial charge in [-0.1, -0.05) is 47.5 Å². The number of rotatable bonds is 15. The number of halogens is 5. The quantitative estimate of drug-likeness (QED) is 0.0699. The molecule has 2 bridgehead atoms. The normalized spacial score (nSPS) is 20.1. The van der Waals surface area contributed by atoms with Crippen molar-refractivity contribution in [2.45, 2.75) is 56.8 Å². The Kier molecular flexibility index (Phi) is 11.6. The molecule has 4 fully saturated rings. The smallest absolute Gasteiger partial charge is 0.387 e. The molecule has 1 aromatic heterocycles. The van der Waals surface area contributed by atoms with E-state index in [0.29, 0.717) is 22.4 Å². The Morgan fingerprint density at radius 3 is 2.33 bits per heavy atom. The lowest BCUT2D eigenvalue weighted by molar-refractivity contribution is -0.605. The predicted molar refractivity (Wildman–Crippen MR) is 197 cm³/mol. The minimum absolute atomic E-state index is 0.0108. The van der Waals surface area contributed by atoms with Crippen LogP contribution in [-0.4, -0.2) is 60.9 Å². The molecule has 15 heteroatoms. The molecule has 4 heterocycles. The number of aromatic carboxylic acids is 1. The lowest BCUT2D eigenvalue weighted by atomic mass is 9.83. The molecule has 0 amide bonds. The molecule has 1 unspecified atom stereocenters. The molecule has 0 radical (unpaired) electrons. The number of fused-ring (bicyclic) bond motifs is 3. The molecule has 3 aliphatic heterocycles. The Hall–Kier alpha value is -4.72. The first-order chi connectivity index (χ1) is 26.4. The summed E-state index contributed by atoms with van der Waals surface area (Å²) in [7, 11) is 0. The largest absolute Gasteiger partial charge is 0.619 e. The summed E-state index contributed by atoms with van der Waals surface area (Å²) in [5.74, 6) is -3.24. The number of nitrogens with one attached hydrogen (secondary N) is 1. The topological polar surface area (TPSA) is 124 Å². The number of hydrogen-bond acceptors (Lipinski definition) is 8. The summed E-state index contributed by atoms with van der Waals surface area (Å²) < 4.78 is 59.5. The summed E-state index contributed by atoms with van der Waals surface area (Å²) in [5.41, 5.74) is 1.10. The van der Waals surface area contributed by atoms with Gasteiger partial charge in [-0.05, 0) is 105 Å². The number of nitrogens with zero attached hydrogens (tertiary/aromatic N) is 2. The molecule has 0 spiro atoms. The number of carboxylic acids is 1. The number of piperidine rings is 3. The maximum absolute atomic E-state index is 15.4. The second-order valence-corrected chi connectivity index (χ2v) is 15.0. The Morgan fingerprint density at radius 2 is 1.69 bits per heavy atom. The van der Waals surface area contributed by atoms with E-state index in [-0.39, 0.29) is 74.9 Å². The van der Waals surface area contributed by atoms with E-state index in [0.717, 1.165) is 51.2 Å². The van der Waals surface area contributed by atoms with E-state index in [1.54, 1.807) is 6.07 Å². The van der Waals surface area contributed by atoms with Crippen molar-refractivity contribution < 1.29 is 46.8 Å². The van der Waals surface area contributed by atoms with Crippen LogP contribution < -0.4 is 19.5 Å². The molecule has 3 saturated heterocycles. The highest BCUT2D eigenvalue weighted by molar-refractivity contribution is 6.35. The summed E-state index contributed by atoms with van der Waals surface area (Å²) >= 11 is 13.1. The van der Waals surface area contributed by atoms with Crippen molar-refractivity contribution in [2.75, 3.05) is 31.6 Å². The number of benzene rings is 3. The van der Waals surface area contributed by atoms with Crippen LogP contribution in [0.4, 0.5) is 18.9 Å². The number of pyridine rings is 1. The number of aromatic nitrogens is 1. The van der Waals surface area contributed by atoms with Crippen molar-refractivity contribution in [2.24, 2.45) is 11.8 Å². The van der Waals surface area contributed by atoms with Gasteiger partial charge in [-0.15, -0.1) is 0 Å². The number of hydrogen-bond donors (Lipinski definition) is 2. The average molecular weight is 801 g/mol. The summed E-state index contributed by atoms with van der Waals surface area (Å²) in [6, 6.07) is 13.2. The van der Waals surface area contributed by atoms with Gasteiger partial charge in [-0.3, -0.25) is 4.90 Å². The molecular weight excluding hydrogens is 762 g/mol. The Bertz CT molecular complexity index is 2040. The van der Waals surface area contributed by atoms with Gasteiger partial charge in [-0.2, -0.15) is 13.5 Å². The molecular formula is C40H38Cl2F3N3O7. The second-order valence-electron chi connectivity index (χ2n) is 14.2. The zero-order chi connectivity index (χ0) is 38.8. The molecule has 2 N–H and O–H groups in total. The average Bonchev–Trinajstić information content (AvgIpc) is 3.98. The minimum atomic E-state index is -3.13. The Morgan fingerprint density at radius 1 is 0.964 bits per heavy atom. The summed E-state index contributed by atoms with van der Waals surface area (Å²) in [5, 5.41) is 25.7. The summed E-state index contributed by atoms with van der Waals surface area (Å²) in [4.78, 5) is 29.0. The highest BCUT2D eigenvalue weighted by Crippen LogP contribution is 2.41. The van der Waals surface area contributed by atoms with E-state index in [1.165, 1.54) is 54.6 Å². The fourth-order valence-electron chi connectivity index (χ4n) is 7.41. The summed E-state index contributed by atoms with van der Waals surface area (Å²) in [6.07, 6.45) is 5.45. The monoisotopic (exact) mass is 799 g/mol. The van der Waals surface area contributed by atoms with Crippen molar-refractivity contribution in [3.8, 4) is 11.5 Å². The van der Waals surface area contributed by atoms with E-state index in [9.17, 15) is 28.7 Å². The first-order valence-electron chi connectivity index (χ1n) is 18.0. The van der Waals surface area contributed by atoms with Crippen LogP contribution >= 0.6 is 23.2 Å². The van der Waals surface area contributed by atoms with Crippen LogP contribution in [0.25, 0.3) is 0 Å². The van der Waals surface area contributed by atoms with Crippen LogP contribution in [0.5, 0.6) is 11.5 Å². The molecule has 8 rings (SSSR count). The van der Waals surface area contributed by atoms with Crippen LogP contribution in [0.3, 0.4) is 0 Å². The van der Waals surface area contributed by atoms with E-state index < -0.39 is 36.3 Å². The Labute approximate surface area is 325 Å². The zero-order valence-corrected chi connectivity index (χ0v) is 30.9. The second kappa shape index (κ2) is 16.6. The molecule has 3 aromatic carbocycles. The van der Waals surface area contributed by atoms with E-state index in [4.69, 9.17) is 37.4 Å². The van der Waals surface area contributed by atoms with Crippen molar-refractivity contribution in [1.82, 2.24) is 4.90 Å². The van der Waals surface area contributed by atoms with Crippen LogP contribution in [0.15, 0.2) is 73.1 Å². The molecule has 1 saturated carbocycles. The number of carbonyl (C=O) groups excluding carboxylic acids is 1. The standard InChI is InChI=1S/C40H38Cl2F3N3O7/c41-31-18-48(52)19-32(42)30(31)17-28(24-7-10-34(55-40(44)45)35(15-24)53-21-22-5-6-22)29-16-25(8-9-26(29)38(49)50)46-37(27-3-1-2-4-33(27)43)39(51)54-36-20-47-13-11-23(36)12-14-47/h1-4,7-10,15-16,18-19,22-23,28,36-37,40,46H,5-6,11-14,17,20-21H2,(H,49,50)/t28-,36-,37?/m0/s1. The fraction of sp³-hybridized carbons (Fsp3) is 0.375. The molecule has 1 aliphatic carbocycles. The molecule has 3 atom stereocenters. The van der Waals surface area contributed by atoms with Gasteiger partial charge in [0.25, 0.3) is 0 Å². The van der Waals surface area contributed by atoms with E-state index in [2.05, 4.69) is 10.2 Å². The van der Waals surface area contributed by atoms with Crippen molar-refractivity contribution in [3.05, 3.63) is 122 Å². The van der Waals surface area contributed by atoms with Gasteiger partial charge < -0.3 is 29.8 Å². The van der Waals surface area contributed by atoms with Gasteiger partial charge >= 0.3 is 18.6 Å². The van der Waals surface area contributed by atoms with Gasteiger partial charge in [0.1, 0.15) is 22.0 Å². The third-order valence-corrected chi connectivity index (χ3v) is 11.2. The highest BCUT2D eigenvalue weighted by Gasteiger charge is 2.38. The molecule has 55 heavy (non-hydrogen) atoms. The fourth-order valence-corrected chi connectivity index (χ4v) is 8.01. The van der Waals surface area contributed by atoms with Crippen LogP contribution in [0, 0.1) is 22.9 Å². The van der Waals surface area contributed by atoms with Crippen LogP contribution in [-0.2, 0) is 16.0 Å². The predicted octanol–water partition coefficient (Wildman–Crippen LogP) is 8.02. The van der Waals surface area contributed by atoms with E-state index >= 15 is 4.39 Å². The first-order valence-corrected chi connectivity index (χ1v) is 18.8. The third-order valence-electron chi connectivity index (χ3n) is 10.5. The van der Waals surface area contributed by atoms with Gasteiger partial charge in [0.15, 0.2) is 29.9 Å². The lowest BCUT2D eigenvalue weighted by Crippen LogP contribution is -2.52. The number of alkyl halides is 2. The van der Waals surface area contributed by atoms with Gasteiger partial charge in [0.2, 0.25) is 0 Å². The number of ether oxygens (including phenoxy) is 3. The number of esters is 1. The number of carbonyl (C=O) groups is 2. The SMILES string of the molecule is O=C(O)c1ccc(NC(C(=O)O[C@H]2CN3CCC2CC3)c2ccccc2F)cc1[C@@H](Cc1c(Cl)c[n+]([O-])cc1Cl)c1ccc(OC(F)F)c(OCC2CC2)c1. The van der Waals surface area contributed by atoms with Crippen molar-refractivity contribution in [3.63, 3.8) is 0 Å². The van der Waals surface area contributed by atoms with Crippen LogP contribution in [0.2, 0.25) is 10.0 Å². The molecule has 10 nitrogen and oxygen atoms in total. The molecule has 4 aromatic rings. The number of carboxylic acid groups (broad SMARTS) is 1. The van der Waals surface area contributed by atoms with E-state index in [1.807, 2.05) is 0 Å². The maximum Gasteiger partial charge on any atom is 0.387 e. The van der Waals surface area contributed by atoms with Gasteiger partial charge in [-0.25, -0.2) is 14.0 Å². The maximum atomic E-state index is 15.4. The lowest BCUT2D eigenvalue weighted by Gasteiger charge is -2.44. The van der Waals surface area contributed by atoms with Gasteiger partial charge in [0, 0.05) is 29.3 Å². The zero-order valence-electron chi connectivity index (χ0n) is 29.4. The van der Waals surface area contributed by atoms with Gasteiger partial charge in [0.05, 0.1) is 12.2 Å².